The molecule has 2 aromatic heterocycles. The summed E-state index contributed by atoms with van der Waals surface area (Å²) in [6, 6.07) is 9.54. The Morgan fingerprint density at radius 2 is 2.04 bits per heavy atom. The molecule has 3 heterocycles. The molecule has 0 aromatic carbocycles. The minimum absolute atomic E-state index is 0.103. The molecule has 0 bridgehead atoms. The lowest BCUT2D eigenvalue weighted by atomic mass is 10.1. The van der Waals surface area contributed by atoms with Crippen LogP contribution in [0.2, 0.25) is 0 Å². The zero-order chi connectivity index (χ0) is 17.5. The first-order chi connectivity index (χ1) is 12.2. The van der Waals surface area contributed by atoms with Gasteiger partial charge in [0, 0.05) is 37.7 Å². The summed E-state index contributed by atoms with van der Waals surface area (Å²) in [5.74, 6) is 0.757. The summed E-state index contributed by atoms with van der Waals surface area (Å²) in [5, 5.41) is 12.5. The Bertz CT molecular complexity index is 668. The Kier molecular flexibility index (Phi) is 5.95. The molecule has 3 rings (SSSR count). The molecule has 2 aromatic rings. The van der Waals surface area contributed by atoms with Gasteiger partial charge in [0.25, 0.3) is 5.91 Å². The topological polar surface area (TPSA) is 78.4 Å². The first-order valence-corrected chi connectivity index (χ1v) is 8.79. The van der Waals surface area contributed by atoms with Crippen molar-refractivity contribution in [2.45, 2.75) is 31.8 Å². The highest BCUT2D eigenvalue weighted by Gasteiger charge is 2.18. The quantitative estimate of drug-likeness (QED) is 0.784. The normalized spacial score (nSPS) is 15.2. The van der Waals surface area contributed by atoms with Gasteiger partial charge in [0.2, 0.25) is 0 Å². The number of amides is 1. The Labute approximate surface area is 147 Å². The third-order valence-corrected chi connectivity index (χ3v) is 4.42. The average Bonchev–Trinajstić information content (AvgIpc) is 2.67. The van der Waals surface area contributed by atoms with E-state index in [4.69, 9.17) is 0 Å². The zero-order valence-corrected chi connectivity index (χ0v) is 14.3. The Morgan fingerprint density at radius 3 is 2.72 bits per heavy atom. The number of carbonyl (C=O) groups excluding carboxylic acids is 1. The highest BCUT2D eigenvalue weighted by atomic mass is 16.3. The Hall–Kier alpha value is -2.47. The van der Waals surface area contributed by atoms with Gasteiger partial charge in [-0.1, -0.05) is 6.07 Å². The van der Waals surface area contributed by atoms with Crippen LogP contribution in [0.5, 0.6) is 0 Å². The van der Waals surface area contributed by atoms with Crippen LogP contribution in [-0.2, 0) is 6.42 Å². The van der Waals surface area contributed by atoms with E-state index in [1.807, 2.05) is 24.3 Å². The maximum Gasteiger partial charge on any atom is 0.252 e. The molecule has 0 aliphatic carbocycles. The fourth-order valence-corrected chi connectivity index (χ4v) is 2.92. The van der Waals surface area contributed by atoms with Crippen LogP contribution >= 0.6 is 0 Å². The highest BCUT2D eigenvalue weighted by molar-refractivity contribution is 5.94. The van der Waals surface area contributed by atoms with Gasteiger partial charge in [0.15, 0.2) is 0 Å². The summed E-state index contributed by atoms with van der Waals surface area (Å²) in [6.07, 6.45) is 6.43. The minimum atomic E-state index is -0.201. The maximum atomic E-state index is 12.2. The molecule has 0 atom stereocenters. The van der Waals surface area contributed by atoms with Gasteiger partial charge in [-0.3, -0.25) is 9.78 Å². The van der Waals surface area contributed by atoms with E-state index < -0.39 is 0 Å². The summed E-state index contributed by atoms with van der Waals surface area (Å²) >= 11 is 0. The number of pyridine rings is 2. The fourth-order valence-electron chi connectivity index (χ4n) is 2.92. The fraction of sp³-hybridized carbons (Fsp3) is 0.421. The Morgan fingerprint density at radius 1 is 1.20 bits per heavy atom. The number of piperidine rings is 1. The second-order valence-electron chi connectivity index (χ2n) is 6.30. The third kappa shape index (κ3) is 5.00. The first-order valence-electron chi connectivity index (χ1n) is 8.79. The molecule has 0 unspecified atom stereocenters. The lowest BCUT2D eigenvalue weighted by molar-refractivity contribution is 0.0953. The lowest BCUT2D eigenvalue weighted by Crippen LogP contribution is -2.36. The van der Waals surface area contributed by atoms with Gasteiger partial charge < -0.3 is 15.3 Å². The molecule has 1 saturated heterocycles. The molecule has 1 fully saturated rings. The number of aliphatic hydroxyl groups excluding tert-OH is 1. The number of rotatable bonds is 6. The summed E-state index contributed by atoms with van der Waals surface area (Å²) in [7, 11) is 0. The summed E-state index contributed by atoms with van der Waals surface area (Å²) in [5.41, 5.74) is 1.60. The van der Waals surface area contributed by atoms with Crippen molar-refractivity contribution >= 4 is 11.7 Å². The minimum Gasteiger partial charge on any atom is -0.393 e. The van der Waals surface area contributed by atoms with Crippen molar-refractivity contribution < 1.29 is 9.90 Å². The molecule has 6 heteroatoms. The van der Waals surface area contributed by atoms with Crippen LogP contribution in [0.25, 0.3) is 0 Å². The molecule has 132 valence electrons. The van der Waals surface area contributed by atoms with Crippen molar-refractivity contribution in [2.75, 3.05) is 24.5 Å². The van der Waals surface area contributed by atoms with Crippen molar-refractivity contribution in [2.24, 2.45) is 0 Å². The predicted molar refractivity (Wildman–Crippen MR) is 96.6 cm³/mol. The van der Waals surface area contributed by atoms with E-state index in [1.54, 1.807) is 18.5 Å². The van der Waals surface area contributed by atoms with Crippen molar-refractivity contribution in [3.63, 3.8) is 0 Å². The molecule has 1 aliphatic rings. The van der Waals surface area contributed by atoms with Crippen LogP contribution in [0.3, 0.4) is 0 Å². The summed E-state index contributed by atoms with van der Waals surface area (Å²) < 4.78 is 0. The van der Waals surface area contributed by atoms with Crippen LogP contribution < -0.4 is 10.2 Å². The number of hydrogen-bond acceptors (Lipinski definition) is 5. The zero-order valence-electron chi connectivity index (χ0n) is 14.3. The van der Waals surface area contributed by atoms with Gasteiger partial charge in [-0.15, -0.1) is 0 Å². The van der Waals surface area contributed by atoms with Gasteiger partial charge in [-0.05, 0) is 49.9 Å². The molecule has 25 heavy (non-hydrogen) atoms. The van der Waals surface area contributed by atoms with Gasteiger partial charge >= 0.3 is 0 Å². The van der Waals surface area contributed by atoms with E-state index in [1.165, 1.54) is 0 Å². The van der Waals surface area contributed by atoms with Crippen LogP contribution in [0.4, 0.5) is 5.82 Å². The highest BCUT2D eigenvalue weighted by Crippen LogP contribution is 2.17. The molecule has 1 amide bonds. The number of anilines is 1. The van der Waals surface area contributed by atoms with Gasteiger partial charge in [-0.2, -0.15) is 0 Å². The second-order valence-corrected chi connectivity index (χ2v) is 6.30. The van der Waals surface area contributed by atoms with E-state index in [0.29, 0.717) is 12.1 Å². The van der Waals surface area contributed by atoms with Crippen LogP contribution in [0.15, 0.2) is 42.7 Å². The number of aliphatic hydroxyl groups is 1. The standard InChI is InChI=1S/C19H24N4O2/c24-17-8-12-23(13-9-17)18-7-6-15(14-22-18)19(25)21-11-3-5-16-4-1-2-10-20-16/h1-2,4,6-7,10,14,17,24H,3,5,8-9,11-13H2,(H,21,25). The maximum absolute atomic E-state index is 12.2. The van der Waals surface area contributed by atoms with Crippen LogP contribution in [0, 0.1) is 0 Å². The molecular weight excluding hydrogens is 316 g/mol. The van der Waals surface area contributed by atoms with Crippen molar-refractivity contribution in [3.8, 4) is 0 Å². The van der Waals surface area contributed by atoms with Gasteiger partial charge in [0.05, 0.1) is 11.7 Å². The van der Waals surface area contributed by atoms with E-state index in [9.17, 15) is 9.90 Å². The van der Waals surface area contributed by atoms with E-state index in [2.05, 4.69) is 20.2 Å². The third-order valence-electron chi connectivity index (χ3n) is 4.42. The van der Waals surface area contributed by atoms with Gasteiger partial charge in [0.1, 0.15) is 5.82 Å². The smallest absolute Gasteiger partial charge is 0.252 e. The molecule has 6 nitrogen and oxygen atoms in total. The number of aromatic nitrogens is 2. The summed E-state index contributed by atoms with van der Waals surface area (Å²) in [6.45, 7) is 2.21. The monoisotopic (exact) mass is 340 g/mol. The van der Waals surface area contributed by atoms with E-state index in [-0.39, 0.29) is 12.0 Å². The average molecular weight is 340 g/mol. The van der Waals surface area contributed by atoms with E-state index >= 15 is 0 Å². The largest absolute Gasteiger partial charge is 0.393 e. The van der Waals surface area contributed by atoms with Crippen LogP contribution in [0.1, 0.15) is 35.3 Å². The van der Waals surface area contributed by atoms with Crippen LogP contribution in [-0.4, -0.2) is 46.7 Å². The number of carbonyl (C=O) groups is 1. The number of nitrogens with zero attached hydrogens (tertiary/aromatic N) is 3. The molecule has 0 radical (unpaired) electrons. The summed E-state index contributed by atoms with van der Waals surface area (Å²) in [4.78, 5) is 23.0. The molecule has 0 spiro atoms. The molecule has 1 aliphatic heterocycles. The van der Waals surface area contributed by atoms with E-state index in [0.717, 1.165) is 50.3 Å². The number of hydrogen-bond donors (Lipinski definition) is 2. The van der Waals surface area contributed by atoms with Crippen molar-refractivity contribution in [3.05, 3.63) is 54.0 Å². The van der Waals surface area contributed by atoms with Gasteiger partial charge in [-0.25, -0.2) is 4.98 Å². The number of nitrogens with one attached hydrogen (secondary N) is 1. The lowest BCUT2D eigenvalue weighted by Gasteiger charge is -2.30. The van der Waals surface area contributed by atoms with Crippen molar-refractivity contribution in [1.29, 1.82) is 0 Å². The molecule has 2 N–H and O–H groups in total. The second kappa shape index (κ2) is 8.58. The first kappa shape index (κ1) is 17.4. The molecular formula is C19H24N4O2. The number of aryl methyl sites for hydroxylation is 1. The SMILES string of the molecule is O=C(NCCCc1ccccn1)c1ccc(N2CCC(O)CC2)nc1. The Balaban J connectivity index is 1.44. The van der Waals surface area contributed by atoms with Crippen molar-refractivity contribution in [1.82, 2.24) is 15.3 Å². The predicted octanol–water partition coefficient (Wildman–Crippen LogP) is 1.80. The molecule has 0 saturated carbocycles.